The molecule has 0 saturated carbocycles. The summed E-state index contributed by atoms with van der Waals surface area (Å²) < 4.78 is 0. The van der Waals surface area contributed by atoms with E-state index in [-0.39, 0.29) is 17.2 Å². The highest BCUT2D eigenvalue weighted by Gasteiger charge is 2.16. The highest BCUT2D eigenvalue weighted by atomic mass is 35.5. The summed E-state index contributed by atoms with van der Waals surface area (Å²) in [6.45, 7) is 0.367. The van der Waals surface area contributed by atoms with Gasteiger partial charge in [0.25, 0.3) is 5.91 Å². The fraction of sp³-hybridized carbons (Fsp3) is 0.143. The summed E-state index contributed by atoms with van der Waals surface area (Å²) in [4.78, 5) is 17.8. The van der Waals surface area contributed by atoms with Crippen molar-refractivity contribution in [2.75, 3.05) is 7.05 Å². The molecule has 5 heteroatoms. The van der Waals surface area contributed by atoms with E-state index in [1.54, 1.807) is 13.2 Å². The number of carbonyl (C=O) groups excluding carboxylic acids is 1. The molecule has 98 valence electrons. The summed E-state index contributed by atoms with van der Waals surface area (Å²) in [5.74, 6) is -0.382. The molecule has 1 aromatic heterocycles. The third-order valence-electron chi connectivity index (χ3n) is 2.66. The lowest BCUT2D eigenvalue weighted by atomic mass is 10.1. The Hall–Kier alpha value is -2.07. The summed E-state index contributed by atoms with van der Waals surface area (Å²) in [5.41, 5.74) is 0.964. The topological polar surface area (TPSA) is 53.4 Å². The van der Waals surface area contributed by atoms with Gasteiger partial charge in [0.15, 0.2) is 0 Å². The third kappa shape index (κ3) is 3.23. The molecule has 2 aromatic rings. The molecule has 2 rings (SSSR count). The van der Waals surface area contributed by atoms with Crippen LogP contribution in [-0.2, 0) is 6.54 Å². The molecule has 0 aliphatic carbocycles. The van der Waals surface area contributed by atoms with Crippen molar-refractivity contribution in [3.63, 3.8) is 0 Å². The minimum Gasteiger partial charge on any atom is -0.507 e. The fourth-order valence-corrected chi connectivity index (χ4v) is 1.86. The van der Waals surface area contributed by atoms with E-state index < -0.39 is 0 Å². The lowest BCUT2D eigenvalue weighted by molar-refractivity contribution is 0.0780. The molecule has 0 bridgehead atoms. The normalized spacial score (nSPS) is 10.2. The average molecular weight is 277 g/mol. The van der Waals surface area contributed by atoms with Crippen molar-refractivity contribution in [3.05, 3.63) is 58.9 Å². The Morgan fingerprint density at radius 1 is 1.37 bits per heavy atom. The number of amides is 1. The van der Waals surface area contributed by atoms with Crippen molar-refractivity contribution < 1.29 is 9.90 Å². The van der Waals surface area contributed by atoms with Gasteiger partial charge in [0.2, 0.25) is 0 Å². The van der Waals surface area contributed by atoms with Gasteiger partial charge in [-0.3, -0.25) is 9.78 Å². The molecule has 0 radical (unpaired) electrons. The van der Waals surface area contributed by atoms with Gasteiger partial charge in [0.05, 0.1) is 17.8 Å². The van der Waals surface area contributed by atoms with E-state index in [1.165, 1.54) is 23.1 Å². The van der Waals surface area contributed by atoms with E-state index in [4.69, 9.17) is 11.6 Å². The zero-order chi connectivity index (χ0) is 13.8. The van der Waals surface area contributed by atoms with E-state index in [0.29, 0.717) is 11.6 Å². The Kier molecular flexibility index (Phi) is 4.02. The number of aromatic nitrogens is 1. The van der Waals surface area contributed by atoms with Gasteiger partial charge in [-0.1, -0.05) is 17.7 Å². The smallest absolute Gasteiger partial charge is 0.257 e. The number of benzene rings is 1. The van der Waals surface area contributed by atoms with Crippen molar-refractivity contribution in [2.45, 2.75) is 6.54 Å². The number of pyridine rings is 1. The average Bonchev–Trinajstić information content (AvgIpc) is 2.42. The lowest BCUT2D eigenvalue weighted by Crippen LogP contribution is -2.26. The van der Waals surface area contributed by atoms with Crippen LogP contribution in [-0.4, -0.2) is 27.9 Å². The standard InChI is InChI=1S/C14H13ClN2O2/c1-17(9-11-4-2-3-7-16-11)14(19)12-8-10(15)5-6-13(12)18/h2-8,18H,9H2,1H3. The molecule has 0 fully saturated rings. The quantitative estimate of drug-likeness (QED) is 0.938. The summed E-state index contributed by atoms with van der Waals surface area (Å²) in [7, 11) is 1.65. The number of hydrogen-bond donors (Lipinski definition) is 1. The minimum atomic E-state index is -0.300. The van der Waals surface area contributed by atoms with Crippen molar-refractivity contribution in [3.8, 4) is 5.75 Å². The molecule has 0 spiro atoms. The Labute approximate surface area is 116 Å². The van der Waals surface area contributed by atoms with Gasteiger partial charge in [0.1, 0.15) is 5.75 Å². The lowest BCUT2D eigenvalue weighted by Gasteiger charge is -2.17. The molecule has 1 heterocycles. The molecule has 0 saturated heterocycles. The zero-order valence-electron chi connectivity index (χ0n) is 10.4. The molecule has 4 nitrogen and oxygen atoms in total. The number of rotatable bonds is 3. The van der Waals surface area contributed by atoms with E-state index in [0.717, 1.165) is 5.69 Å². The van der Waals surface area contributed by atoms with Crippen molar-refractivity contribution >= 4 is 17.5 Å². The third-order valence-corrected chi connectivity index (χ3v) is 2.90. The van der Waals surface area contributed by atoms with E-state index >= 15 is 0 Å². The number of hydrogen-bond acceptors (Lipinski definition) is 3. The number of phenols is 1. The zero-order valence-corrected chi connectivity index (χ0v) is 11.1. The molecule has 0 aliphatic rings. The first kappa shape index (κ1) is 13.4. The molecule has 1 N–H and O–H groups in total. The molecule has 1 amide bonds. The molecule has 1 aromatic carbocycles. The Bertz CT molecular complexity index is 587. The number of phenolic OH excluding ortho intramolecular Hbond substituents is 1. The van der Waals surface area contributed by atoms with Gasteiger partial charge in [-0.15, -0.1) is 0 Å². The first-order valence-electron chi connectivity index (χ1n) is 5.72. The maximum atomic E-state index is 12.2. The fourth-order valence-electron chi connectivity index (χ4n) is 1.69. The molecule has 19 heavy (non-hydrogen) atoms. The Morgan fingerprint density at radius 2 is 2.16 bits per heavy atom. The maximum absolute atomic E-state index is 12.2. The molecule has 0 aliphatic heterocycles. The summed E-state index contributed by atoms with van der Waals surface area (Å²) in [6, 6.07) is 9.90. The van der Waals surface area contributed by atoms with Crippen LogP contribution < -0.4 is 0 Å². The van der Waals surface area contributed by atoms with E-state index in [1.807, 2.05) is 18.2 Å². The molecule has 0 atom stereocenters. The van der Waals surface area contributed by atoms with Gasteiger partial charge in [-0.05, 0) is 30.3 Å². The van der Waals surface area contributed by atoms with Crippen molar-refractivity contribution in [2.24, 2.45) is 0 Å². The summed E-state index contributed by atoms with van der Waals surface area (Å²) in [5, 5.41) is 10.1. The van der Waals surface area contributed by atoms with Gasteiger partial charge in [-0.25, -0.2) is 0 Å². The van der Waals surface area contributed by atoms with Gasteiger partial charge < -0.3 is 10.0 Å². The first-order valence-corrected chi connectivity index (χ1v) is 6.09. The van der Waals surface area contributed by atoms with Crippen LogP contribution in [0.15, 0.2) is 42.6 Å². The predicted octanol–water partition coefficient (Wildman–Crippen LogP) is 2.71. The first-order chi connectivity index (χ1) is 9.08. The van der Waals surface area contributed by atoms with Crippen LogP contribution in [0, 0.1) is 0 Å². The highest BCUT2D eigenvalue weighted by Crippen LogP contribution is 2.23. The van der Waals surface area contributed by atoms with E-state index in [9.17, 15) is 9.90 Å². The van der Waals surface area contributed by atoms with Crippen LogP contribution >= 0.6 is 11.6 Å². The second-order valence-electron chi connectivity index (χ2n) is 4.14. The largest absolute Gasteiger partial charge is 0.507 e. The minimum absolute atomic E-state index is 0.0812. The van der Waals surface area contributed by atoms with Crippen LogP contribution in [0.2, 0.25) is 5.02 Å². The number of nitrogens with zero attached hydrogens (tertiary/aromatic N) is 2. The second-order valence-corrected chi connectivity index (χ2v) is 4.58. The Balaban J connectivity index is 2.17. The molecular weight excluding hydrogens is 264 g/mol. The van der Waals surface area contributed by atoms with Gasteiger partial charge in [0, 0.05) is 18.3 Å². The molecular formula is C14H13ClN2O2. The number of carbonyl (C=O) groups is 1. The summed E-state index contributed by atoms with van der Waals surface area (Å²) >= 11 is 5.83. The van der Waals surface area contributed by atoms with Crippen LogP contribution in [0.1, 0.15) is 16.1 Å². The van der Waals surface area contributed by atoms with E-state index in [2.05, 4.69) is 4.98 Å². The SMILES string of the molecule is CN(Cc1ccccn1)C(=O)c1cc(Cl)ccc1O. The predicted molar refractivity (Wildman–Crippen MR) is 73.2 cm³/mol. The second kappa shape index (κ2) is 5.71. The van der Waals surface area contributed by atoms with Crippen LogP contribution in [0.5, 0.6) is 5.75 Å². The molecule has 0 unspecified atom stereocenters. The van der Waals surface area contributed by atoms with Crippen LogP contribution in [0.25, 0.3) is 0 Å². The van der Waals surface area contributed by atoms with Crippen molar-refractivity contribution in [1.29, 1.82) is 0 Å². The van der Waals surface area contributed by atoms with Crippen molar-refractivity contribution in [1.82, 2.24) is 9.88 Å². The maximum Gasteiger partial charge on any atom is 0.257 e. The number of halogens is 1. The van der Waals surface area contributed by atoms with Crippen LogP contribution in [0.3, 0.4) is 0 Å². The summed E-state index contributed by atoms with van der Waals surface area (Å²) in [6.07, 6.45) is 1.67. The van der Waals surface area contributed by atoms with Gasteiger partial charge >= 0.3 is 0 Å². The highest BCUT2D eigenvalue weighted by molar-refractivity contribution is 6.31. The monoisotopic (exact) mass is 276 g/mol. The Morgan fingerprint density at radius 3 is 2.84 bits per heavy atom. The van der Waals surface area contributed by atoms with Crippen LogP contribution in [0.4, 0.5) is 0 Å². The van der Waals surface area contributed by atoms with Gasteiger partial charge in [-0.2, -0.15) is 0 Å². The number of aromatic hydroxyl groups is 1.